The van der Waals surface area contributed by atoms with E-state index in [1.807, 2.05) is 6.07 Å². The van der Waals surface area contributed by atoms with Crippen LogP contribution in [0.15, 0.2) is 42.5 Å². The normalized spacial score (nSPS) is 20.9. The molecule has 1 saturated heterocycles. The zero-order valence-corrected chi connectivity index (χ0v) is 13.8. The zero-order chi connectivity index (χ0) is 14.2. The molecule has 1 aliphatic rings. The minimum atomic E-state index is -0.0254. The lowest BCUT2D eigenvalue weighted by Gasteiger charge is -2.26. The molecule has 2 nitrogen and oxygen atoms in total. The van der Waals surface area contributed by atoms with Gasteiger partial charge in [0.1, 0.15) is 6.10 Å². The number of halogens is 1. The van der Waals surface area contributed by atoms with Gasteiger partial charge in [0.2, 0.25) is 0 Å². The molecule has 1 aromatic rings. The fourth-order valence-electron chi connectivity index (χ4n) is 2.38. The molecule has 20 heavy (non-hydrogen) atoms. The van der Waals surface area contributed by atoms with Crippen LogP contribution in [0.3, 0.4) is 0 Å². The molecule has 108 valence electrons. The average molecular weight is 384 g/mol. The van der Waals surface area contributed by atoms with Crippen LogP contribution in [-0.4, -0.2) is 16.0 Å². The van der Waals surface area contributed by atoms with Gasteiger partial charge >= 0.3 is 5.97 Å². The molecule has 0 spiro atoms. The smallest absolute Gasteiger partial charge is 0.306 e. The third kappa shape index (κ3) is 5.27. The summed E-state index contributed by atoms with van der Waals surface area (Å²) >= 11 is 2.42. The van der Waals surface area contributed by atoms with Crippen LogP contribution in [0.4, 0.5) is 0 Å². The monoisotopic (exact) mass is 384 g/mol. The maximum absolute atomic E-state index is 11.3. The summed E-state index contributed by atoms with van der Waals surface area (Å²) in [5.41, 5.74) is 1.34. The number of ether oxygens (including phenoxy) is 1. The van der Waals surface area contributed by atoms with Gasteiger partial charge in [-0.05, 0) is 37.7 Å². The summed E-state index contributed by atoms with van der Waals surface area (Å²) in [7, 11) is 0. The minimum absolute atomic E-state index is 0.0254. The molecule has 1 fully saturated rings. The van der Waals surface area contributed by atoms with Gasteiger partial charge in [0.25, 0.3) is 0 Å². The number of cyclic esters (lactones) is 1. The molecule has 0 aliphatic carbocycles. The Labute approximate surface area is 134 Å². The molecule has 1 aromatic carbocycles. The van der Waals surface area contributed by atoms with Gasteiger partial charge < -0.3 is 4.74 Å². The van der Waals surface area contributed by atoms with E-state index in [2.05, 4.69) is 59.0 Å². The molecule has 0 aromatic heterocycles. The first-order chi connectivity index (χ1) is 9.75. The maximum atomic E-state index is 11.3. The van der Waals surface area contributed by atoms with Gasteiger partial charge in [0.05, 0.1) is 0 Å². The third-order valence-electron chi connectivity index (χ3n) is 3.53. The molecule has 1 aliphatic heterocycles. The molecular weight excluding hydrogens is 363 g/mol. The summed E-state index contributed by atoms with van der Waals surface area (Å²) in [6.07, 6.45) is 10.3. The quantitative estimate of drug-likeness (QED) is 0.313. The Kier molecular flexibility index (Phi) is 6.57. The van der Waals surface area contributed by atoms with E-state index in [1.54, 1.807) is 0 Å². The van der Waals surface area contributed by atoms with E-state index in [0.29, 0.717) is 10.3 Å². The van der Waals surface area contributed by atoms with Crippen molar-refractivity contribution >= 4 is 28.6 Å². The van der Waals surface area contributed by atoms with Gasteiger partial charge in [0.15, 0.2) is 0 Å². The van der Waals surface area contributed by atoms with Crippen LogP contribution in [0.5, 0.6) is 0 Å². The second kappa shape index (κ2) is 8.45. The van der Waals surface area contributed by atoms with E-state index < -0.39 is 0 Å². The summed E-state index contributed by atoms with van der Waals surface area (Å²) in [6.45, 7) is 0. The highest BCUT2D eigenvalue weighted by Crippen LogP contribution is 2.25. The van der Waals surface area contributed by atoms with E-state index >= 15 is 0 Å². The second-order valence-corrected chi connectivity index (χ2v) is 6.77. The van der Waals surface area contributed by atoms with Crippen molar-refractivity contribution < 1.29 is 9.53 Å². The lowest BCUT2D eigenvalue weighted by atomic mass is 10.0. The Balaban J connectivity index is 1.66. The van der Waals surface area contributed by atoms with Crippen molar-refractivity contribution in [3.05, 3.63) is 48.0 Å². The molecule has 0 saturated carbocycles. The number of hydrogen-bond acceptors (Lipinski definition) is 2. The van der Waals surface area contributed by atoms with Crippen molar-refractivity contribution in [1.82, 2.24) is 0 Å². The molecule has 2 rings (SSSR count). The summed E-state index contributed by atoms with van der Waals surface area (Å²) < 4.78 is 5.83. The van der Waals surface area contributed by atoms with E-state index in [-0.39, 0.29) is 12.1 Å². The van der Waals surface area contributed by atoms with Gasteiger partial charge in [-0.1, -0.05) is 65.1 Å². The van der Waals surface area contributed by atoms with Crippen LogP contribution in [0.25, 0.3) is 0 Å². The van der Waals surface area contributed by atoms with Crippen molar-refractivity contribution in [2.24, 2.45) is 0 Å². The number of hydrogen-bond donors (Lipinski definition) is 0. The highest BCUT2D eigenvalue weighted by atomic mass is 127. The lowest BCUT2D eigenvalue weighted by Crippen LogP contribution is -2.30. The molecular formula is C17H21IO2. The van der Waals surface area contributed by atoms with Crippen LogP contribution in [-0.2, 0) is 16.0 Å². The van der Waals surface area contributed by atoms with Gasteiger partial charge in [-0.25, -0.2) is 0 Å². The van der Waals surface area contributed by atoms with Crippen molar-refractivity contribution in [1.29, 1.82) is 0 Å². The molecule has 3 heteroatoms. The standard InChI is InChI=1S/C17H21IO2/c18-15(16-12-7-13-17(19)20-16)11-6-2-5-10-14-8-3-1-4-9-14/h1-5,8-9,15-16H,6-7,10-13H2/b5-2-. The van der Waals surface area contributed by atoms with Crippen molar-refractivity contribution in [3.63, 3.8) is 0 Å². The molecule has 2 atom stereocenters. The molecule has 0 N–H and O–H groups in total. The Morgan fingerprint density at radius 3 is 2.85 bits per heavy atom. The fourth-order valence-corrected chi connectivity index (χ4v) is 3.25. The molecule has 2 unspecified atom stereocenters. The van der Waals surface area contributed by atoms with Gasteiger partial charge in [-0.15, -0.1) is 0 Å². The predicted octanol–water partition coefficient (Wildman–Crippen LogP) is 4.46. The minimum Gasteiger partial charge on any atom is -0.461 e. The number of allylic oxidation sites excluding steroid dienone is 2. The fraction of sp³-hybridized carbons (Fsp3) is 0.471. The number of carbonyl (C=O) groups is 1. The highest BCUT2D eigenvalue weighted by Gasteiger charge is 2.26. The van der Waals surface area contributed by atoms with Crippen LogP contribution in [0, 0.1) is 0 Å². The SMILES string of the molecule is O=C1CCCC(C(I)CC/C=C\Cc2ccccc2)O1. The molecule has 0 amide bonds. The summed E-state index contributed by atoms with van der Waals surface area (Å²) in [5, 5.41) is 0. The van der Waals surface area contributed by atoms with Crippen molar-refractivity contribution in [2.45, 2.75) is 48.6 Å². The van der Waals surface area contributed by atoms with Crippen molar-refractivity contribution in [2.75, 3.05) is 0 Å². The number of rotatable bonds is 6. The predicted molar refractivity (Wildman–Crippen MR) is 90.1 cm³/mol. The first-order valence-electron chi connectivity index (χ1n) is 7.28. The van der Waals surface area contributed by atoms with E-state index in [9.17, 15) is 4.79 Å². The summed E-state index contributed by atoms with van der Waals surface area (Å²) in [6, 6.07) is 10.5. The first kappa shape index (κ1) is 15.5. The lowest BCUT2D eigenvalue weighted by molar-refractivity contribution is -0.153. The van der Waals surface area contributed by atoms with Crippen molar-refractivity contribution in [3.8, 4) is 0 Å². The first-order valence-corrected chi connectivity index (χ1v) is 8.53. The Morgan fingerprint density at radius 2 is 2.10 bits per heavy atom. The molecule has 0 bridgehead atoms. The van der Waals surface area contributed by atoms with Gasteiger partial charge in [-0.2, -0.15) is 0 Å². The second-order valence-electron chi connectivity index (χ2n) is 5.18. The largest absolute Gasteiger partial charge is 0.461 e. The van der Waals surface area contributed by atoms with Gasteiger partial charge in [-0.3, -0.25) is 4.79 Å². The van der Waals surface area contributed by atoms with E-state index in [0.717, 1.165) is 32.1 Å². The zero-order valence-electron chi connectivity index (χ0n) is 11.6. The van der Waals surface area contributed by atoms with E-state index in [4.69, 9.17) is 4.74 Å². The molecule has 0 radical (unpaired) electrons. The Bertz CT molecular complexity index is 442. The molecule has 1 heterocycles. The van der Waals surface area contributed by atoms with Crippen LogP contribution in [0.2, 0.25) is 0 Å². The summed E-state index contributed by atoms with van der Waals surface area (Å²) in [4.78, 5) is 11.3. The number of esters is 1. The van der Waals surface area contributed by atoms with Crippen LogP contribution < -0.4 is 0 Å². The number of alkyl halides is 1. The van der Waals surface area contributed by atoms with E-state index in [1.165, 1.54) is 5.56 Å². The number of benzene rings is 1. The highest BCUT2D eigenvalue weighted by molar-refractivity contribution is 14.1. The number of carbonyl (C=O) groups excluding carboxylic acids is 1. The topological polar surface area (TPSA) is 26.3 Å². The Morgan fingerprint density at radius 1 is 1.30 bits per heavy atom. The van der Waals surface area contributed by atoms with Crippen LogP contribution in [0.1, 0.15) is 37.7 Å². The average Bonchev–Trinajstić information content (AvgIpc) is 2.48. The van der Waals surface area contributed by atoms with Crippen LogP contribution >= 0.6 is 22.6 Å². The Hall–Kier alpha value is -0.840. The third-order valence-corrected chi connectivity index (χ3v) is 4.95. The van der Waals surface area contributed by atoms with Gasteiger partial charge in [0, 0.05) is 10.3 Å². The maximum Gasteiger partial charge on any atom is 0.306 e. The summed E-state index contributed by atoms with van der Waals surface area (Å²) in [5.74, 6) is -0.0254.